The fraction of sp³-hybridized carbons (Fsp3) is 0.471. The van der Waals surface area contributed by atoms with Gasteiger partial charge in [0.1, 0.15) is 5.69 Å². The van der Waals surface area contributed by atoms with E-state index in [-0.39, 0.29) is 5.91 Å². The maximum absolute atomic E-state index is 12.2. The summed E-state index contributed by atoms with van der Waals surface area (Å²) in [4.78, 5) is 33.7. The van der Waals surface area contributed by atoms with E-state index >= 15 is 0 Å². The Morgan fingerprint density at radius 3 is 2.28 bits per heavy atom. The second-order valence-electron chi connectivity index (χ2n) is 6.37. The summed E-state index contributed by atoms with van der Waals surface area (Å²) < 4.78 is 0. The Bertz CT molecular complexity index is 699. The third-order valence-electron chi connectivity index (χ3n) is 3.94. The number of nitrogens with zero attached hydrogens (tertiary/aromatic N) is 6. The van der Waals surface area contributed by atoms with E-state index in [1.165, 1.54) is 0 Å². The van der Waals surface area contributed by atoms with Crippen molar-refractivity contribution in [3.8, 4) is 0 Å². The van der Waals surface area contributed by atoms with Crippen LogP contribution in [0.3, 0.4) is 0 Å². The zero-order chi connectivity index (χ0) is 17.6. The topological polar surface area (TPSA) is 87.1 Å². The molecule has 1 amide bonds. The zero-order valence-electron chi connectivity index (χ0n) is 14.6. The normalized spacial score (nSPS) is 14.7. The van der Waals surface area contributed by atoms with Gasteiger partial charge in [-0.1, -0.05) is 13.8 Å². The van der Waals surface area contributed by atoms with Crippen LogP contribution in [0.4, 0.5) is 11.9 Å². The van der Waals surface area contributed by atoms with Gasteiger partial charge in [-0.2, -0.15) is 0 Å². The van der Waals surface area contributed by atoms with Crippen LogP contribution in [0.2, 0.25) is 0 Å². The van der Waals surface area contributed by atoms with E-state index in [0.29, 0.717) is 24.1 Å². The third-order valence-corrected chi connectivity index (χ3v) is 3.94. The minimum absolute atomic E-state index is 0.159. The number of hydrogen-bond donors (Lipinski definition) is 1. The highest BCUT2D eigenvalue weighted by Crippen LogP contribution is 2.14. The number of anilines is 2. The molecule has 25 heavy (non-hydrogen) atoms. The van der Waals surface area contributed by atoms with Gasteiger partial charge in [0.2, 0.25) is 11.9 Å². The molecule has 3 rings (SSSR count). The first-order valence-corrected chi connectivity index (χ1v) is 8.51. The molecule has 1 saturated heterocycles. The van der Waals surface area contributed by atoms with Gasteiger partial charge >= 0.3 is 0 Å². The summed E-state index contributed by atoms with van der Waals surface area (Å²) in [5, 5.41) is 2.88. The van der Waals surface area contributed by atoms with Crippen molar-refractivity contribution < 1.29 is 4.79 Å². The summed E-state index contributed by atoms with van der Waals surface area (Å²) in [5.41, 5.74) is 0.402. The summed E-state index contributed by atoms with van der Waals surface area (Å²) >= 11 is 0. The van der Waals surface area contributed by atoms with Gasteiger partial charge in [-0.15, -0.1) is 0 Å². The largest absolute Gasteiger partial charge is 0.350 e. The molecular formula is C17H23N7O. The van der Waals surface area contributed by atoms with Crippen molar-refractivity contribution >= 4 is 17.8 Å². The fourth-order valence-electron chi connectivity index (χ4n) is 2.58. The summed E-state index contributed by atoms with van der Waals surface area (Å²) in [6.45, 7) is 7.84. The van der Waals surface area contributed by atoms with Crippen molar-refractivity contribution in [1.29, 1.82) is 0 Å². The lowest BCUT2D eigenvalue weighted by molar-refractivity contribution is 0.0944. The van der Waals surface area contributed by atoms with Crippen LogP contribution >= 0.6 is 0 Å². The first-order chi connectivity index (χ1) is 12.1. The van der Waals surface area contributed by atoms with Crippen LogP contribution in [-0.4, -0.2) is 58.6 Å². The molecule has 2 aromatic heterocycles. The Hall–Kier alpha value is -2.77. The lowest BCUT2D eigenvalue weighted by Gasteiger charge is -2.34. The summed E-state index contributed by atoms with van der Waals surface area (Å²) in [5.74, 6) is 1.57. The highest BCUT2D eigenvalue weighted by atomic mass is 16.1. The molecule has 132 valence electrons. The van der Waals surface area contributed by atoms with Gasteiger partial charge in [-0.3, -0.25) is 4.79 Å². The lowest BCUT2D eigenvalue weighted by Crippen LogP contribution is -2.47. The molecule has 1 aliphatic rings. The first-order valence-electron chi connectivity index (χ1n) is 8.51. The Labute approximate surface area is 147 Å². The van der Waals surface area contributed by atoms with Crippen LogP contribution in [-0.2, 0) is 0 Å². The number of piperazine rings is 1. The quantitative estimate of drug-likeness (QED) is 0.867. The molecule has 1 N–H and O–H groups in total. The fourth-order valence-corrected chi connectivity index (χ4v) is 2.58. The highest BCUT2D eigenvalue weighted by molar-refractivity contribution is 5.92. The van der Waals surface area contributed by atoms with Gasteiger partial charge in [0.15, 0.2) is 0 Å². The number of nitrogens with one attached hydrogen (secondary N) is 1. The van der Waals surface area contributed by atoms with Crippen LogP contribution in [0.25, 0.3) is 0 Å². The Morgan fingerprint density at radius 2 is 1.64 bits per heavy atom. The van der Waals surface area contributed by atoms with Crippen molar-refractivity contribution in [1.82, 2.24) is 25.3 Å². The monoisotopic (exact) mass is 341 g/mol. The van der Waals surface area contributed by atoms with Gasteiger partial charge in [0.05, 0.1) is 0 Å². The standard InChI is InChI=1S/C17H23N7O/c1-13(2)12-21-15(25)14-4-7-20-17(22-14)24-10-8-23(9-11-24)16-18-5-3-6-19-16/h3-7,13H,8-12H2,1-2H3,(H,21,25). The molecule has 1 aliphatic heterocycles. The van der Waals surface area contributed by atoms with Crippen LogP contribution in [0.15, 0.2) is 30.7 Å². The van der Waals surface area contributed by atoms with E-state index in [0.717, 1.165) is 32.1 Å². The maximum Gasteiger partial charge on any atom is 0.270 e. The molecule has 0 aromatic carbocycles. The molecule has 3 heterocycles. The van der Waals surface area contributed by atoms with E-state index in [1.807, 2.05) is 6.07 Å². The number of aromatic nitrogens is 4. The molecule has 0 bridgehead atoms. The van der Waals surface area contributed by atoms with E-state index < -0.39 is 0 Å². The second-order valence-corrected chi connectivity index (χ2v) is 6.37. The molecule has 8 nitrogen and oxygen atoms in total. The van der Waals surface area contributed by atoms with E-state index in [9.17, 15) is 4.79 Å². The van der Waals surface area contributed by atoms with Crippen LogP contribution < -0.4 is 15.1 Å². The predicted molar refractivity (Wildman–Crippen MR) is 95.7 cm³/mol. The number of carbonyl (C=O) groups is 1. The molecule has 2 aromatic rings. The Morgan fingerprint density at radius 1 is 1.04 bits per heavy atom. The van der Waals surface area contributed by atoms with Crippen molar-refractivity contribution in [2.75, 3.05) is 42.5 Å². The van der Waals surface area contributed by atoms with Crippen LogP contribution in [0, 0.1) is 5.92 Å². The van der Waals surface area contributed by atoms with Crippen molar-refractivity contribution in [3.05, 3.63) is 36.4 Å². The van der Waals surface area contributed by atoms with Gasteiger partial charge < -0.3 is 15.1 Å². The van der Waals surface area contributed by atoms with Crippen molar-refractivity contribution in [2.24, 2.45) is 5.92 Å². The average molecular weight is 341 g/mol. The Balaban J connectivity index is 1.62. The number of amides is 1. The third kappa shape index (κ3) is 4.40. The van der Waals surface area contributed by atoms with Gasteiger partial charge in [0, 0.05) is 51.3 Å². The molecule has 0 radical (unpaired) electrons. The van der Waals surface area contributed by atoms with Crippen molar-refractivity contribution in [2.45, 2.75) is 13.8 Å². The molecule has 0 spiro atoms. The van der Waals surface area contributed by atoms with Crippen molar-refractivity contribution in [3.63, 3.8) is 0 Å². The minimum atomic E-state index is -0.159. The zero-order valence-corrected chi connectivity index (χ0v) is 14.6. The van der Waals surface area contributed by atoms with Crippen LogP contribution in [0.1, 0.15) is 24.3 Å². The summed E-state index contributed by atoms with van der Waals surface area (Å²) in [6, 6.07) is 3.46. The maximum atomic E-state index is 12.2. The van der Waals surface area contributed by atoms with E-state index in [1.54, 1.807) is 24.7 Å². The molecule has 0 unspecified atom stereocenters. The first kappa shape index (κ1) is 17.1. The smallest absolute Gasteiger partial charge is 0.270 e. The molecule has 0 aliphatic carbocycles. The number of hydrogen-bond acceptors (Lipinski definition) is 7. The predicted octanol–water partition coefficient (Wildman–Crippen LogP) is 0.979. The molecular weight excluding hydrogens is 318 g/mol. The average Bonchev–Trinajstić information content (AvgIpc) is 2.67. The lowest BCUT2D eigenvalue weighted by atomic mass is 10.2. The van der Waals surface area contributed by atoms with Crippen LogP contribution in [0.5, 0.6) is 0 Å². The van der Waals surface area contributed by atoms with E-state index in [4.69, 9.17) is 0 Å². The van der Waals surface area contributed by atoms with Gasteiger partial charge in [0.25, 0.3) is 5.91 Å². The molecule has 8 heteroatoms. The summed E-state index contributed by atoms with van der Waals surface area (Å²) in [7, 11) is 0. The second kappa shape index (κ2) is 7.87. The SMILES string of the molecule is CC(C)CNC(=O)c1ccnc(N2CCN(c3ncccn3)CC2)n1. The number of carbonyl (C=O) groups excluding carboxylic acids is 1. The number of rotatable bonds is 5. The minimum Gasteiger partial charge on any atom is -0.350 e. The summed E-state index contributed by atoms with van der Waals surface area (Å²) in [6.07, 6.45) is 5.13. The molecule has 0 saturated carbocycles. The molecule has 0 atom stereocenters. The van der Waals surface area contributed by atoms with E-state index in [2.05, 4.69) is 48.9 Å². The van der Waals surface area contributed by atoms with Gasteiger partial charge in [-0.05, 0) is 18.1 Å². The highest BCUT2D eigenvalue weighted by Gasteiger charge is 2.21. The van der Waals surface area contributed by atoms with Gasteiger partial charge in [-0.25, -0.2) is 19.9 Å². The molecule has 1 fully saturated rings. The Kier molecular flexibility index (Phi) is 5.37.